The van der Waals surface area contributed by atoms with Crippen molar-refractivity contribution in [3.05, 3.63) is 0 Å². The van der Waals surface area contributed by atoms with Crippen LogP contribution >= 0.6 is 0 Å². The number of nitrogens with one attached hydrogen (secondary N) is 1. The van der Waals surface area contributed by atoms with Crippen molar-refractivity contribution in [2.24, 2.45) is 11.7 Å². The summed E-state index contributed by atoms with van der Waals surface area (Å²) in [5.74, 6) is 0.0442. The summed E-state index contributed by atoms with van der Waals surface area (Å²) in [6, 6.07) is 0. The third-order valence-electron chi connectivity index (χ3n) is 3.09. The molecular weight excluding hydrogens is 206 g/mol. The summed E-state index contributed by atoms with van der Waals surface area (Å²) in [6.45, 7) is 1.99. The van der Waals surface area contributed by atoms with Crippen LogP contribution in [0.25, 0.3) is 0 Å². The predicted octanol–water partition coefficient (Wildman–Crippen LogP) is -0.582. The molecule has 0 aromatic carbocycles. The van der Waals surface area contributed by atoms with E-state index in [4.69, 9.17) is 10.5 Å². The third kappa shape index (κ3) is 3.17. The van der Waals surface area contributed by atoms with Crippen LogP contribution in [0.3, 0.4) is 0 Å². The molecule has 94 valence electrons. The minimum absolute atomic E-state index is 0.296. The molecule has 1 atom stereocenters. The summed E-state index contributed by atoms with van der Waals surface area (Å²) in [6.07, 6.45) is 2.11. The summed E-state index contributed by atoms with van der Waals surface area (Å²) in [5.41, 5.74) is 4.86. The lowest BCUT2D eigenvalue weighted by Gasteiger charge is -2.31. The van der Waals surface area contributed by atoms with E-state index in [1.165, 1.54) is 0 Å². The summed E-state index contributed by atoms with van der Waals surface area (Å²) in [5, 5.41) is 3.29. The van der Waals surface area contributed by atoms with Crippen molar-refractivity contribution in [3.8, 4) is 0 Å². The average Bonchev–Trinajstić information content (AvgIpc) is 2.98. The maximum Gasteiger partial charge on any atom is 0.240 e. The largest absolute Gasteiger partial charge is 0.382 e. The van der Waals surface area contributed by atoms with Crippen LogP contribution in [-0.4, -0.2) is 57.2 Å². The van der Waals surface area contributed by atoms with Gasteiger partial charge in [0.15, 0.2) is 0 Å². The Balaban J connectivity index is 2.57. The zero-order valence-electron chi connectivity index (χ0n) is 10.5. The van der Waals surface area contributed by atoms with Gasteiger partial charge in [0, 0.05) is 20.2 Å². The van der Waals surface area contributed by atoms with Crippen LogP contribution in [0.1, 0.15) is 12.8 Å². The number of nitrogens with two attached hydrogens (primary N) is 1. The van der Waals surface area contributed by atoms with Gasteiger partial charge in [0.2, 0.25) is 5.91 Å². The first-order valence-electron chi connectivity index (χ1n) is 5.71. The number of primary amides is 1. The molecule has 0 heterocycles. The normalized spacial score (nSPS) is 19.8. The van der Waals surface area contributed by atoms with Crippen molar-refractivity contribution in [3.63, 3.8) is 0 Å². The number of carbonyl (C=O) groups is 1. The number of hydrogen-bond acceptors (Lipinski definition) is 4. The molecule has 1 aliphatic carbocycles. The van der Waals surface area contributed by atoms with Crippen molar-refractivity contribution in [2.75, 3.05) is 40.9 Å². The van der Waals surface area contributed by atoms with Gasteiger partial charge in [0.1, 0.15) is 5.54 Å². The first-order valence-corrected chi connectivity index (χ1v) is 5.71. The van der Waals surface area contributed by atoms with Crippen LogP contribution in [0.4, 0.5) is 0 Å². The van der Waals surface area contributed by atoms with E-state index in [1.54, 1.807) is 7.11 Å². The topological polar surface area (TPSA) is 67.6 Å². The molecule has 1 aliphatic rings. The van der Waals surface area contributed by atoms with E-state index in [1.807, 2.05) is 14.1 Å². The monoisotopic (exact) mass is 229 g/mol. The van der Waals surface area contributed by atoms with Gasteiger partial charge in [-0.2, -0.15) is 0 Å². The van der Waals surface area contributed by atoms with Crippen LogP contribution in [0.2, 0.25) is 0 Å². The Kier molecular flexibility index (Phi) is 4.70. The molecule has 0 aromatic rings. The van der Waals surface area contributed by atoms with Gasteiger partial charge in [0.25, 0.3) is 0 Å². The van der Waals surface area contributed by atoms with Crippen molar-refractivity contribution in [1.29, 1.82) is 0 Å². The molecule has 0 saturated heterocycles. The fourth-order valence-electron chi connectivity index (χ4n) is 1.98. The molecule has 1 amide bonds. The van der Waals surface area contributed by atoms with Crippen molar-refractivity contribution in [1.82, 2.24) is 10.2 Å². The van der Waals surface area contributed by atoms with Gasteiger partial charge in [-0.25, -0.2) is 0 Å². The van der Waals surface area contributed by atoms with Gasteiger partial charge >= 0.3 is 0 Å². The second-order valence-corrected chi connectivity index (χ2v) is 4.77. The van der Waals surface area contributed by atoms with E-state index in [-0.39, 0.29) is 5.91 Å². The van der Waals surface area contributed by atoms with Crippen molar-refractivity contribution >= 4 is 5.91 Å². The zero-order valence-corrected chi connectivity index (χ0v) is 10.5. The van der Waals surface area contributed by atoms with Gasteiger partial charge in [0.05, 0.1) is 6.61 Å². The Morgan fingerprint density at radius 3 is 2.56 bits per heavy atom. The molecule has 1 saturated carbocycles. The molecule has 0 radical (unpaired) electrons. The Morgan fingerprint density at radius 1 is 1.56 bits per heavy atom. The number of nitrogens with zero attached hydrogens (tertiary/aromatic N) is 1. The van der Waals surface area contributed by atoms with Gasteiger partial charge < -0.3 is 15.4 Å². The van der Waals surface area contributed by atoms with E-state index in [9.17, 15) is 4.79 Å². The van der Waals surface area contributed by atoms with E-state index < -0.39 is 5.54 Å². The van der Waals surface area contributed by atoms with E-state index in [0.717, 1.165) is 25.9 Å². The summed E-state index contributed by atoms with van der Waals surface area (Å²) < 4.78 is 5.15. The molecule has 0 aromatic heterocycles. The number of rotatable bonds is 8. The van der Waals surface area contributed by atoms with Crippen LogP contribution in [0, 0.1) is 5.92 Å². The zero-order chi connectivity index (χ0) is 12.2. The van der Waals surface area contributed by atoms with Crippen LogP contribution < -0.4 is 11.1 Å². The Hall–Kier alpha value is -0.650. The minimum atomic E-state index is -0.662. The lowest BCUT2D eigenvalue weighted by atomic mass is 9.93. The predicted molar refractivity (Wildman–Crippen MR) is 63.1 cm³/mol. The van der Waals surface area contributed by atoms with E-state index in [2.05, 4.69) is 10.2 Å². The number of hydrogen-bond donors (Lipinski definition) is 2. The number of carbonyl (C=O) groups excluding carboxylic acids is 1. The summed E-state index contributed by atoms with van der Waals surface area (Å²) in [4.78, 5) is 13.7. The van der Waals surface area contributed by atoms with Gasteiger partial charge in [-0.05, 0) is 32.9 Å². The van der Waals surface area contributed by atoms with Crippen LogP contribution in [0.15, 0.2) is 0 Å². The molecule has 1 unspecified atom stereocenters. The molecular formula is C11H23N3O2. The Labute approximate surface area is 97.3 Å². The van der Waals surface area contributed by atoms with E-state index >= 15 is 0 Å². The molecule has 3 N–H and O–H groups in total. The highest BCUT2D eigenvalue weighted by Gasteiger charge is 2.49. The van der Waals surface area contributed by atoms with Crippen LogP contribution in [0.5, 0.6) is 0 Å². The van der Waals surface area contributed by atoms with Crippen LogP contribution in [-0.2, 0) is 9.53 Å². The highest BCUT2D eigenvalue weighted by molar-refractivity contribution is 5.85. The maximum atomic E-state index is 11.6. The van der Waals surface area contributed by atoms with Gasteiger partial charge in [-0.15, -0.1) is 0 Å². The SMILES string of the molecule is COCC(NCCN(C)C)(C(N)=O)C1CC1. The molecule has 5 heteroatoms. The molecule has 0 aliphatic heterocycles. The lowest BCUT2D eigenvalue weighted by Crippen LogP contribution is -2.61. The highest BCUT2D eigenvalue weighted by atomic mass is 16.5. The second kappa shape index (κ2) is 5.61. The van der Waals surface area contributed by atoms with Crippen molar-refractivity contribution < 1.29 is 9.53 Å². The average molecular weight is 229 g/mol. The smallest absolute Gasteiger partial charge is 0.240 e. The second-order valence-electron chi connectivity index (χ2n) is 4.77. The van der Waals surface area contributed by atoms with Crippen molar-refractivity contribution in [2.45, 2.75) is 18.4 Å². The first kappa shape index (κ1) is 13.4. The van der Waals surface area contributed by atoms with E-state index in [0.29, 0.717) is 12.5 Å². The minimum Gasteiger partial charge on any atom is -0.382 e. The highest BCUT2D eigenvalue weighted by Crippen LogP contribution is 2.39. The maximum absolute atomic E-state index is 11.6. The number of amides is 1. The summed E-state index contributed by atoms with van der Waals surface area (Å²) in [7, 11) is 5.61. The van der Waals surface area contributed by atoms with Gasteiger partial charge in [-0.1, -0.05) is 0 Å². The number of likely N-dealkylation sites (N-methyl/N-ethyl adjacent to an activating group) is 1. The standard InChI is InChI=1S/C11H23N3O2/c1-14(2)7-6-13-11(8-16-3,10(12)15)9-4-5-9/h9,13H,4-8H2,1-3H3,(H2,12,15). The number of ether oxygens (including phenoxy) is 1. The molecule has 0 bridgehead atoms. The molecule has 1 fully saturated rings. The third-order valence-corrected chi connectivity index (χ3v) is 3.09. The first-order chi connectivity index (χ1) is 7.53. The molecule has 0 spiro atoms. The summed E-state index contributed by atoms with van der Waals surface area (Å²) >= 11 is 0. The Morgan fingerprint density at radius 2 is 2.19 bits per heavy atom. The fraction of sp³-hybridized carbons (Fsp3) is 0.909. The number of methoxy groups -OCH3 is 1. The Bertz CT molecular complexity index is 241. The fourth-order valence-corrected chi connectivity index (χ4v) is 1.98. The molecule has 16 heavy (non-hydrogen) atoms. The quantitative estimate of drug-likeness (QED) is 0.584. The van der Waals surface area contributed by atoms with Gasteiger partial charge in [-0.3, -0.25) is 10.1 Å². The lowest BCUT2D eigenvalue weighted by molar-refractivity contribution is -0.127. The molecule has 1 rings (SSSR count). The molecule has 5 nitrogen and oxygen atoms in total.